The second kappa shape index (κ2) is 8.10. The van der Waals surface area contributed by atoms with Gasteiger partial charge in [0.2, 0.25) is 6.54 Å². The van der Waals surface area contributed by atoms with Crippen molar-refractivity contribution in [2.75, 3.05) is 11.9 Å². The van der Waals surface area contributed by atoms with Gasteiger partial charge in [-0.2, -0.15) is 4.57 Å². The first kappa shape index (κ1) is 16.7. The molecule has 2 N–H and O–H groups in total. The molecule has 0 aliphatic rings. The Kier molecular flexibility index (Phi) is 5.88. The van der Waals surface area contributed by atoms with Crippen LogP contribution in [0.15, 0.2) is 61.4 Å². The molecule has 6 heteroatoms. The summed E-state index contributed by atoms with van der Waals surface area (Å²) in [4.78, 5) is 23.9. The van der Waals surface area contributed by atoms with Crippen molar-refractivity contribution in [3.63, 3.8) is 0 Å². The van der Waals surface area contributed by atoms with E-state index in [9.17, 15) is 9.59 Å². The van der Waals surface area contributed by atoms with Crippen LogP contribution in [0.4, 0.5) is 5.69 Å². The molecule has 0 radical (unpaired) electrons. The Hall–Kier alpha value is -2.66. The van der Waals surface area contributed by atoms with Crippen molar-refractivity contribution in [1.82, 2.24) is 5.32 Å². The van der Waals surface area contributed by atoms with E-state index >= 15 is 0 Å². The molecule has 0 unspecified atom stereocenters. The summed E-state index contributed by atoms with van der Waals surface area (Å²) in [5.41, 5.74) is 1.11. The molecule has 0 aliphatic carbocycles. The highest BCUT2D eigenvalue weighted by Crippen LogP contribution is 2.14. The number of aromatic nitrogens is 1. The first-order valence-corrected chi connectivity index (χ1v) is 7.40. The van der Waals surface area contributed by atoms with Crippen molar-refractivity contribution >= 4 is 29.1 Å². The summed E-state index contributed by atoms with van der Waals surface area (Å²) in [5, 5.41) is 6.06. The zero-order valence-electron chi connectivity index (χ0n) is 12.5. The molecule has 0 aliphatic heterocycles. The minimum atomic E-state index is -0.256. The Morgan fingerprint density at radius 2 is 1.96 bits per heavy atom. The number of anilines is 1. The van der Waals surface area contributed by atoms with Gasteiger partial charge in [0.25, 0.3) is 11.8 Å². The Morgan fingerprint density at radius 1 is 1.22 bits per heavy atom. The molecule has 0 saturated heterocycles. The SMILES string of the molecule is C=CCNC(=O)C[n+]1cccc(C(=O)Nc2ccc(Cl)cc2)c1. The summed E-state index contributed by atoms with van der Waals surface area (Å²) in [6.45, 7) is 4.09. The van der Waals surface area contributed by atoms with Gasteiger partial charge in [0, 0.05) is 23.3 Å². The van der Waals surface area contributed by atoms with Gasteiger partial charge in [-0.05, 0) is 30.3 Å². The number of hydrogen-bond donors (Lipinski definition) is 2. The topological polar surface area (TPSA) is 62.1 Å². The quantitative estimate of drug-likeness (QED) is 0.630. The van der Waals surface area contributed by atoms with E-state index in [0.29, 0.717) is 22.8 Å². The van der Waals surface area contributed by atoms with Crippen LogP contribution in [0, 0.1) is 0 Å². The smallest absolute Gasteiger partial charge is 0.286 e. The third kappa shape index (κ3) is 5.23. The van der Waals surface area contributed by atoms with E-state index in [0.717, 1.165) is 0 Å². The first-order valence-electron chi connectivity index (χ1n) is 7.02. The lowest BCUT2D eigenvalue weighted by molar-refractivity contribution is -0.684. The van der Waals surface area contributed by atoms with Crippen LogP contribution in [0.1, 0.15) is 10.4 Å². The van der Waals surface area contributed by atoms with Crippen LogP contribution < -0.4 is 15.2 Å². The van der Waals surface area contributed by atoms with Crippen LogP contribution in [-0.4, -0.2) is 18.4 Å². The number of hydrogen-bond acceptors (Lipinski definition) is 2. The average Bonchev–Trinajstić information content (AvgIpc) is 2.55. The minimum absolute atomic E-state index is 0.135. The van der Waals surface area contributed by atoms with Gasteiger partial charge >= 0.3 is 0 Å². The van der Waals surface area contributed by atoms with E-state index in [1.165, 1.54) is 0 Å². The number of pyridine rings is 1. The van der Waals surface area contributed by atoms with Gasteiger partial charge in [0.15, 0.2) is 12.4 Å². The van der Waals surface area contributed by atoms with Crippen molar-refractivity contribution in [2.24, 2.45) is 0 Å². The monoisotopic (exact) mass is 330 g/mol. The molecule has 5 nitrogen and oxygen atoms in total. The number of halogens is 1. The third-order valence-electron chi connectivity index (χ3n) is 2.99. The molecule has 2 amide bonds. The minimum Gasteiger partial charge on any atom is -0.347 e. The molecule has 0 bridgehead atoms. The summed E-state index contributed by atoms with van der Waals surface area (Å²) >= 11 is 5.81. The number of carbonyl (C=O) groups is 2. The molecule has 0 saturated carbocycles. The molecule has 2 rings (SSSR count). The van der Waals surface area contributed by atoms with Crippen LogP contribution in [0.2, 0.25) is 5.02 Å². The maximum Gasteiger partial charge on any atom is 0.286 e. The van der Waals surface area contributed by atoms with Gasteiger partial charge in [0.1, 0.15) is 5.56 Å². The lowest BCUT2D eigenvalue weighted by atomic mass is 10.2. The lowest BCUT2D eigenvalue weighted by Gasteiger charge is -2.05. The van der Waals surface area contributed by atoms with Crippen molar-refractivity contribution in [3.8, 4) is 0 Å². The molecule has 0 spiro atoms. The maximum atomic E-state index is 12.2. The van der Waals surface area contributed by atoms with Crippen molar-refractivity contribution < 1.29 is 14.2 Å². The molecule has 23 heavy (non-hydrogen) atoms. The Balaban J connectivity index is 2.03. The number of benzene rings is 1. The van der Waals surface area contributed by atoms with Gasteiger partial charge in [-0.15, -0.1) is 6.58 Å². The third-order valence-corrected chi connectivity index (χ3v) is 3.24. The van der Waals surface area contributed by atoms with Crippen LogP contribution in [0.3, 0.4) is 0 Å². The highest BCUT2D eigenvalue weighted by atomic mass is 35.5. The van der Waals surface area contributed by atoms with E-state index < -0.39 is 0 Å². The van der Waals surface area contributed by atoms with Crippen molar-refractivity contribution in [1.29, 1.82) is 0 Å². The molecule has 118 valence electrons. The Bertz CT molecular complexity index is 714. The van der Waals surface area contributed by atoms with Crippen LogP contribution >= 0.6 is 11.6 Å². The second-order valence-corrected chi connectivity index (χ2v) is 5.26. The molecule has 1 heterocycles. The fourth-order valence-corrected chi connectivity index (χ4v) is 2.02. The molecule has 0 atom stereocenters. The van der Waals surface area contributed by atoms with E-state index in [2.05, 4.69) is 17.2 Å². The van der Waals surface area contributed by atoms with Crippen LogP contribution in [-0.2, 0) is 11.3 Å². The zero-order valence-corrected chi connectivity index (χ0v) is 13.2. The summed E-state index contributed by atoms with van der Waals surface area (Å²) < 4.78 is 1.65. The average molecular weight is 331 g/mol. The number of rotatable bonds is 6. The van der Waals surface area contributed by atoms with Crippen molar-refractivity contribution in [2.45, 2.75) is 6.54 Å². The lowest BCUT2D eigenvalue weighted by Crippen LogP contribution is -2.43. The molecule has 1 aromatic carbocycles. The van der Waals surface area contributed by atoms with Crippen LogP contribution in [0.25, 0.3) is 0 Å². The van der Waals surface area contributed by atoms with Gasteiger partial charge in [0.05, 0.1) is 0 Å². The zero-order chi connectivity index (χ0) is 16.7. The largest absolute Gasteiger partial charge is 0.347 e. The van der Waals surface area contributed by atoms with E-state index in [-0.39, 0.29) is 18.4 Å². The predicted octanol–water partition coefficient (Wildman–Crippen LogP) is 2.18. The summed E-state index contributed by atoms with van der Waals surface area (Å²) in [5.74, 6) is -0.404. The van der Waals surface area contributed by atoms with Gasteiger partial charge in [-0.1, -0.05) is 17.7 Å². The number of amides is 2. The highest BCUT2D eigenvalue weighted by Gasteiger charge is 2.13. The highest BCUT2D eigenvalue weighted by molar-refractivity contribution is 6.30. The molecule has 1 aromatic heterocycles. The normalized spacial score (nSPS) is 9.96. The molecule has 0 fully saturated rings. The fraction of sp³-hybridized carbons (Fsp3) is 0.118. The molecular formula is C17H17ClN3O2+. The Labute approximate surface area is 139 Å². The van der Waals surface area contributed by atoms with E-state index in [1.807, 2.05) is 0 Å². The van der Waals surface area contributed by atoms with Gasteiger partial charge in [-0.25, -0.2) is 0 Å². The fourth-order valence-electron chi connectivity index (χ4n) is 1.90. The summed E-state index contributed by atoms with van der Waals surface area (Å²) in [7, 11) is 0. The molecule has 2 aromatic rings. The summed E-state index contributed by atoms with van der Waals surface area (Å²) in [6, 6.07) is 10.2. The standard InChI is InChI=1S/C17H16ClN3O2/c1-2-9-19-16(22)12-21-10-3-4-13(11-21)17(23)20-15-7-5-14(18)6-8-15/h2-8,10-11H,1,9,12H2,(H-,19,20,22,23)/p+1. The second-order valence-electron chi connectivity index (χ2n) is 4.82. The predicted molar refractivity (Wildman–Crippen MR) is 89.2 cm³/mol. The van der Waals surface area contributed by atoms with E-state index in [1.54, 1.807) is 59.4 Å². The first-order chi connectivity index (χ1) is 11.1. The number of nitrogens with one attached hydrogen (secondary N) is 2. The van der Waals surface area contributed by atoms with E-state index in [4.69, 9.17) is 11.6 Å². The molecular weight excluding hydrogens is 314 g/mol. The van der Waals surface area contributed by atoms with Gasteiger partial charge < -0.3 is 10.6 Å². The Morgan fingerprint density at radius 3 is 2.65 bits per heavy atom. The number of carbonyl (C=O) groups excluding carboxylic acids is 2. The summed E-state index contributed by atoms with van der Waals surface area (Å²) in [6.07, 6.45) is 4.96. The van der Waals surface area contributed by atoms with Crippen LogP contribution in [0.5, 0.6) is 0 Å². The van der Waals surface area contributed by atoms with Crippen molar-refractivity contribution in [3.05, 3.63) is 72.0 Å². The van der Waals surface area contributed by atoms with Gasteiger partial charge in [-0.3, -0.25) is 9.59 Å². The maximum absolute atomic E-state index is 12.2. The number of nitrogens with zero attached hydrogens (tertiary/aromatic N) is 1.